The van der Waals surface area contributed by atoms with Gasteiger partial charge in [-0.2, -0.15) is 5.10 Å². The van der Waals surface area contributed by atoms with Crippen molar-refractivity contribution in [2.24, 2.45) is 13.0 Å². The zero-order valence-corrected chi connectivity index (χ0v) is 10.2. The van der Waals surface area contributed by atoms with Crippen LogP contribution in [0.5, 0.6) is 0 Å². The van der Waals surface area contributed by atoms with Crippen LogP contribution in [0.2, 0.25) is 0 Å². The number of aromatic nitrogens is 2. The molecule has 0 aliphatic carbocycles. The fraction of sp³-hybridized carbons (Fsp3) is 0.636. The monoisotopic (exact) mass is 238 g/mol. The minimum Gasteiger partial charge on any atom is -0.396 e. The topological polar surface area (TPSA) is 73.4 Å². The third kappa shape index (κ3) is 2.26. The Kier molecular flexibility index (Phi) is 3.33. The molecule has 1 saturated heterocycles. The number of anilines is 1. The Morgan fingerprint density at radius 3 is 3.06 bits per heavy atom. The zero-order chi connectivity index (χ0) is 12.4. The van der Waals surface area contributed by atoms with Crippen LogP contribution in [0.25, 0.3) is 0 Å². The maximum atomic E-state index is 12.2. The van der Waals surface area contributed by atoms with Gasteiger partial charge in [-0.3, -0.25) is 9.48 Å². The van der Waals surface area contributed by atoms with Gasteiger partial charge in [0, 0.05) is 33.2 Å². The van der Waals surface area contributed by atoms with E-state index in [-0.39, 0.29) is 5.91 Å². The number of nitrogens with two attached hydrogens (primary N) is 1. The second kappa shape index (κ2) is 4.75. The fourth-order valence-corrected chi connectivity index (χ4v) is 2.26. The Hall–Kier alpha value is -1.56. The van der Waals surface area contributed by atoms with Crippen LogP contribution in [0.4, 0.5) is 5.69 Å². The van der Waals surface area contributed by atoms with Crippen LogP contribution in [0.3, 0.4) is 0 Å². The molecule has 0 saturated carbocycles. The van der Waals surface area contributed by atoms with E-state index in [9.17, 15) is 4.79 Å². The van der Waals surface area contributed by atoms with Crippen LogP contribution in [0.15, 0.2) is 6.20 Å². The van der Waals surface area contributed by atoms with Gasteiger partial charge in [-0.05, 0) is 6.42 Å². The third-order valence-corrected chi connectivity index (χ3v) is 3.15. The van der Waals surface area contributed by atoms with E-state index in [0.717, 1.165) is 19.5 Å². The summed E-state index contributed by atoms with van der Waals surface area (Å²) in [6.45, 7) is 2.19. The minimum absolute atomic E-state index is 0.0406. The van der Waals surface area contributed by atoms with Gasteiger partial charge in [-0.1, -0.05) is 0 Å². The SMILES string of the molecule is COCC1CCN(C(=O)c2c(N)cnn2C)C1. The van der Waals surface area contributed by atoms with Crippen molar-refractivity contribution in [1.82, 2.24) is 14.7 Å². The van der Waals surface area contributed by atoms with Crippen LogP contribution < -0.4 is 5.73 Å². The van der Waals surface area contributed by atoms with Crippen molar-refractivity contribution >= 4 is 11.6 Å². The quantitative estimate of drug-likeness (QED) is 0.811. The number of nitrogens with zero attached hydrogens (tertiary/aromatic N) is 3. The summed E-state index contributed by atoms with van der Waals surface area (Å²) in [6, 6.07) is 0. The van der Waals surface area contributed by atoms with Crippen molar-refractivity contribution in [3.8, 4) is 0 Å². The first-order chi connectivity index (χ1) is 8.13. The van der Waals surface area contributed by atoms with E-state index in [1.165, 1.54) is 10.9 Å². The number of likely N-dealkylation sites (tertiary alicyclic amines) is 1. The number of methoxy groups -OCH3 is 1. The lowest BCUT2D eigenvalue weighted by Gasteiger charge is -2.16. The lowest BCUT2D eigenvalue weighted by molar-refractivity contribution is 0.0766. The maximum absolute atomic E-state index is 12.2. The van der Waals surface area contributed by atoms with E-state index < -0.39 is 0 Å². The molecule has 0 bridgehead atoms. The Balaban J connectivity index is 2.07. The first-order valence-corrected chi connectivity index (χ1v) is 5.69. The molecule has 1 amide bonds. The van der Waals surface area contributed by atoms with Crippen LogP contribution in [0, 0.1) is 5.92 Å². The van der Waals surface area contributed by atoms with Gasteiger partial charge in [0.15, 0.2) is 0 Å². The zero-order valence-electron chi connectivity index (χ0n) is 10.2. The van der Waals surface area contributed by atoms with E-state index in [1.54, 1.807) is 14.2 Å². The minimum atomic E-state index is -0.0406. The number of carbonyl (C=O) groups excluding carboxylic acids is 1. The molecule has 94 valence electrons. The molecule has 0 spiro atoms. The second-order valence-corrected chi connectivity index (χ2v) is 4.43. The molecule has 0 aromatic carbocycles. The number of ether oxygens (including phenoxy) is 1. The molecule has 17 heavy (non-hydrogen) atoms. The summed E-state index contributed by atoms with van der Waals surface area (Å²) in [5.74, 6) is 0.388. The van der Waals surface area contributed by atoms with Gasteiger partial charge in [0.25, 0.3) is 5.91 Å². The standard InChI is InChI=1S/C11H18N4O2/c1-14-10(9(12)5-13-14)11(16)15-4-3-8(6-15)7-17-2/h5,8H,3-4,6-7,12H2,1-2H3. The molecule has 6 nitrogen and oxygen atoms in total. The first-order valence-electron chi connectivity index (χ1n) is 5.69. The molecule has 2 N–H and O–H groups in total. The Morgan fingerprint density at radius 2 is 2.47 bits per heavy atom. The lowest BCUT2D eigenvalue weighted by Crippen LogP contribution is -2.31. The number of aryl methyl sites for hydroxylation is 1. The number of hydrogen-bond acceptors (Lipinski definition) is 4. The normalized spacial score (nSPS) is 19.9. The Labute approximate surface area is 100 Å². The highest BCUT2D eigenvalue weighted by Crippen LogP contribution is 2.20. The van der Waals surface area contributed by atoms with Crippen molar-refractivity contribution < 1.29 is 9.53 Å². The summed E-state index contributed by atoms with van der Waals surface area (Å²) in [6.07, 6.45) is 2.49. The molecule has 1 aromatic heterocycles. The molecule has 1 atom stereocenters. The molecule has 1 unspecified atom stereocenters. The van der Waals surface area contributed by atoms with Crippen LogP contribution in [-0.4, -0.2) is 47.4 Å². The van der Waals surface area contributed by atoms with Gasteiger partial charge in [0.2, 0.25) is 0 Å². The number of rotatable bonds is 3. The smallest absolute Gasteiger partial charge is 0.274 e. The molecular weight excluding hydrogens is 220 g/mol. The maximum Gasteiger partial charge on any atom is 0.274 e. The molecule has 1 aliphatic heterocycles. The van der Waals surface area contributed by atoms with Crippen molar-refractivity contribution in [3.63, 3.8) is 0 Å². The number of hydrogen-bond donors (Lipinski definition) is 1. The van der Waals surface area contributed by atoms with E-state index in [2.05, 4.69) is 5.10 Å². The molecule has 1 aliphatic rings. The highest BCUT2D eigenvalue weighted by atomic mass is 16.5. The van der Waals surface area contributed by atoms with Crippen molar-refractivity contribution in [2.75, 3.05) is 32.5 Å². The van der Waals surface area contributed by atoms with Gasteiger partial charge >= 0.3 is 0 Å². The van der Waals surface area contributed by atoms with Crippen molar-refractivity contribution in [2.45, 2.75) is 6.42 Å². The first kappa shape index (κ1) is 11.9. The largest absolute Gasteiger partial charge is 0.396 e. The summed E-state index contributed by atoms with van der Waals surface area (Å²) in [5, 5.41) is 3.98. The summed E-state index contributed by atoms with van der Waals surface area (Å²) in [4.78, 5) is 14.1. The summed E-state index contributed by atoms with van der Waals surface area (Å²) in [5.41, 5.74) is 6.66. The Bertz CT molecular complexity index is 396. The van der Waals surface area contributed by atoms with Gasteiger partial charge in [-0.15, -0.1) is 0 Å². The molecule has 2 heterocycles. The highest BCUT2D eigenvalue weighted by Gasteiger charge is 2.29. The Morgan fingerprint density at radius 1 is 1.71 bits per heavy atom. The van der Waals surface area contributed by atoms with Crippen molar-refractivity contribution in [3.05, 3.63) is 11.9 Å². The summed E-state index contributed by atoms with van der Waals surface area (Å²) in [7, 11) is 3.41. The molecule has 6 heteroatoms. The predicted molar refractivity (Wildman–Crippen MR) is 63.5 cm³/mol. The number of carbonyl (C=O) groups is 1. The van der Waals surface area contributed by atoms with E-state index in [1.807, 2.05) is 4.90 Å². The third-order valence-electron chi connectivity index (χ3n) is 3.15. The van der Waals surface area contributed by atoms with Crippen LogP contribution in [0.1, 0.15) is 16.9 Å². The fourth-order valence-electron chi connectivity index (χ4n) is 2.26. The van der Waals surface area contributed by atoms with Gasteiger partial charge in [-0.25, -0.2) is 0 Å². The average molecular weight is 238 g/mol. The van der Waals surface area contributed by atoms with Crippen molar-refractivity contribution in [1.29, 1.82) is 0 Å². The lowest BCUT2D eigenvalue weighted by atomic mass is 10.1. The molecule has 1 aromatic rings. The summed E-state index contributed by atoms with van der Waals surface area (Å²) >= 11 is 0. The second-order valence-electron chi connectivity index (χ2n) is 4.43. The van der Waals surface area contributed by atoms with E-state index in [0.29, 0.717) is 23.9 Å². The summed E-state index contributed by atoms with van der Waals surface area (Å²) < 4.78 is 6.64. The van der Waals surface area contributed by atoms with Crippen LogP contribution in [-0.2, 0) is 11.8 Å². The van der Waals surface area contributed by atoms with E-state index in [4.69, 9.17) is 10.5 Å². The van der Waals surface area contributed by atoms with E-state index >= 15 is 0 Å². The molecular formula is C11H18N4O2. The molecule has 1 fully saturated rings. The van der Waals surface area contributed by atoms with Crippen LogP contribution >= 0.6 is 0 Å². The van der Waals surface area contributed by atoms with Gasteiger partial charge < -0.3 is 15.4 Å². The molecule has 0 radical (unpaired) electrons. The predicted octanol–water partition coefficient (Wildman–Crippen LogP) is 0.111. The van der Waals surface area contributed by atoms with Gasteiger partial charge in [0.05, 0.1) is 18.5 Å². The number of amides is 1. The number of nitrogen functional groups attached to an aromatic ring is 1. The highest BCUT2D eigenvalue weighted by molar-refractivity contribution is 5.97. The average Bonchev–Trinajstić information content (AvgIpc) is 2.87. The molecule has 2 rings (SSSR count). The van der Waals surface area contributed by atoms with Gasteiger partial charge in [0.1, 0.15) is 5.69 Å².